The average Bonchev–Trinajstić information content (AvgIpc) is 3.71. The van der Waals surface area contributed by atoms with Crippen LogP contribution in [0, 0.1) is 0 Å². The number of rotatable bonds is 8. The van der Waals surface area contributed by atoms with Gasteiger partial charge in [-0.05, 0) is 93.5 Å². The highest BCUT2D eigenvalue weighted by molar-refractivity contribution is 6.31. The molecule has 8 N–H and O–H groups in total. The van der Waals surface area contributed by atoms with Gasteiger partial charge in [-0.25, -0.2) is 9.59 Å². The summed E-state index contributed by atoms with van der Waals surface area (Å²) in [5, 5.41) is 52.2. The first-order valence-electron chi connectivity index (χ1n) is 20.5. The van der Waals surface area contributed by atoms with Gasteiger partial charge in [0.15, 0.2) is 12.2 Å². The summed E-state index contributed by atoms with van der Waals surface area (Å²) in [7, 11) is 2.31. The fourth-order valence-corrected chi connectivity index (χ4v) is 8.23. The SMILES string of the molecule is C.COc1c(NC(=O)NC2Cc3c(Cl)cccc3[C@@H]2O)cc(C(C)(C)C)cc1[C@@H](O)C(F)(F)F.COc1c(NC(=O)NC2Cc3c(Cl)cccc3[C@@H]2O)cc(C(C)(C)C)cc1[C@H](O)C(F)(F)F. The normalized spacial score (nSPS) is 18.8. The van der Waals surface area contributed by atoms with Crippen LogP contribution in [-0.4, -0.2) is 71.1 Å². The van der Waals surface area contributed by atoms with E-state index in [-0.39, 0.29) is 30.3 Å². The number of fused-ring (bicyclic) bond motifs is 2. The summed E-state index contributed by atoms with van der Waals surface area (Å²) in [4.78, 5) is 25.5. The Bertz CT molecular complexity index is 2270. The van der Waals surface area contributed by atoms with E-state index in [0.717, 1.165) is 25.3 Å². The van der Waals surface area contributed by atoms with Gasteiger partial charge in [0.25, 0.3) is 0 Å². The molecule has 6 rings (SSSR count). The highest BCUT2D eigenvalue weighted by Crippen LogP contribution is 2.45. The third-order valence-electron chi connectivity index (χ3n) is 11.3. The van der Waals surface area contributed by atoms with Gasteiger partial charge in [-0.2, -0.15) is 26.3 Å². The third-order valence-corrected chi connectivity index (χ3v) is 12.0. The molecule has 0 spiro atoms. The number of amides is 4. The van der Waals surface area contributed by atoms with Crippen LogP contribution in [-0.2, 0) is 23.7 Å². The van der Waals surface area contributed by atoms with Gasteiger partial charge in [-0.3, -0.25) is 0 Å². The Morgan fingerprint density at radius 1 is 0.627 bits per heavy atom. The van der Waals surface area contributed by atoms with Crippen LogP contribution in [0.1, 0.15) is 118 Å². The van der Waals surface area contributed by atoms with Crippen molar-refractivity contribution in [2.45, 2.75) is 121 Å². The lowest BCUT2D eigenvalue weighted by atomic mass is 9.84. The topological polar surface area (TPSA) is 182 Å². The first-order valence-corrected chi connectivity index (χ1v) is 21.2. The molecule has 0 aliphatic heterocycles. The Morgan fingerprint density at radius 2 is 0.955 bits per heavy atom. The number of hydrogen-bond donors (Lipinski definition) is 8. The number of urea groups is 2. The van der Waals surface area contributed by atoms with E-state index in [0.29, 0.717) is 45.1 Å². The fraction of sp³-hybridized carbons (Fsp3) is 0.447. The molecule has 0 saturated carbocycles. The van der Waals surface area contributed by atoms with Gasteiger partial charge in [0, 0.05) is 21.2 Å². The number of anilines is 2. The summed E-state index contributed by atoms with van der Waals surface area (Å²) in [6.07, 6.45) is -16.9. The highest BCUT2D eigenvalue weighted by atomic mass is 35.5. The third kappa shape index (κ3) is 12.4. The molecule has 0 bridgehead atoms. The zero-order valence-corrected chi connectivity index (χ0v) is 38.6. The molecule has 20 heteroatoms. The lowest BCUT2D eigenvalue weighted by molar-refractivity contribution is -0.207. The number of carbonyl (C=O) groups excluding carboxylic acids is 2. The number of benzene rings is 4. The van der Waals surface area contributed by atoms with E-state index in [4.69, 9.17) is 32.7 Å². The number of ether oxygens (including phenoxy) is 2. The summed E-state index contributed by atoms with van der Waals surface area (Å²) in [5.74, 6) is -0.609. The molecule has 0 fully saturated rings. The lowest BCUT2D eigenvalue weighted by Gasteiger charge is -2.26. The standard InChI is InChI=1S/2C23H26ClF3N2O4.CH4/c2*1-22(2,3)11-8-14(20(31)23(25,26)27)19(33-4)17(9-11)29-21(32)28-16-10-13-12(18(16)30)6-5-7-15(13)24;/h2*5-9,16,18,20,30-31H,10H2,1-4H3,(H2,28,29,32);1H4/t16?,18-,20+;16?,18-,20-;/m00./s1. The van der Waals surface area contributed by atoms with E-state index in [1.54, 1.807) is 77.9 Å². The second-order valence-corrected chi connectivity index (χ2v) is 18.8. The van der Waals surface area contributed by atoms with Gasteiger partial charge >= 0.3 is 24.4 Å². The molecule has 0 radical (unpaired) electrons. The van der Waals surface area contributed by atoms with Crippen molar-refractivity contribution in [2.75, 3.05) is 24.9 Å². The van der Waals surface area contributed by atoms with Crippen LogP contribution in [0.5, 0.6) is 11.5 Å². The van der Waals surface area contributed by atoms with E-state index in [9.17, 15) is 56.4 Å². The molecule has 4 aromatic carbocycles. The molecule has 67 heavy (non-hydrogen) atoms. The number of hydrogen-bond acceptors (Lipinski definition) is 8. The predicted octanol–water partition coefficient (Wildman–Crippen LogP) is 10.7. The van der Waals surface area contributed by atoms with Gasteiger partial charge < -0.3 is 51.2 Å². The van der Waals surface area contributed by atoms with Crippen LogP contribution in [0.4, 0.5) is 47.3 Å². The minimum atomic E-state index is -4.93. The van der Waals surface area contributed by atoms with E-state index in [1.807, 2.05) is 0 Å². The molecular formula is C47H56Cl2F6N4O8. The maximum absolute atomic E-state index is 13.3. The Balaban J connectivity index is 0.000000288. The molecule has 0 saturated heterocycles. The minimum absolute atomic E-state index is 0. The molecule has 2 aliphatic carbocycles. The molecule has 4 amide bonds. The van der Waals surface area contributed by atoms with Crippen molar-refractivity contribution >= 4 is 46.6 Å². The largest absolute Gasteiger partial charge is 0.494 e. The summed E-state index contributed by atoms with van der Waals surface area (Å²) < 4.78 is 90.1. The number of alkyl halides is 6. The van der Waals surface area contributed by atoms with Crippen LogP contribution in [0.3, 0.4) is 0 Å². The molecule has 2 unspecified atom stereocenters. The zero-order chi connectivity index (χ0) is 49.4. The summed E-state index contributed by atoms with van der Waals surface area (Å²) >= 11 is 12.4. The Labute approximate surface area is 395 Å². The van der Waals surface area contributed by atoms with Gasteiger partial charge in [0.2, 0.25) is 0 Å². The van der Waals surface area contributed by atoms with Gasteiger partial charge in [0.1, 0.15) is 11.5 Å². The maximum atomic E-state index is 13.3. The lowest BCUT2D eigenvalue weighted by Crippen LogP contribution is -2.40. The van der Waals surface area contributed by atoms with Crippen molar-refractivity contribution in [3.63, 3.8) is 0 Å². The number of aliphatic hydroxyl groups is 4. The summed E-state index contributed by atoms with van der Waals surface area (Å²) in [5.41, 5.74) is 1.31. The van der Waals surface area contributed by atoms with Crippen molar-refractivity contribution < 1.29 is 65.8 Å². The van der Waals surface area contributed by atoms with E-state index in [2.05, 4.69) is 21.3 Å². The van der Waals surface area contributed by atoms with Crippen LogP contribution in [0.15, 0.2) is 60.7 Å². The first-order chi connectivity index (χ1) is 30.5. The van der Waals surface area contributed by atoms with Gasteiger partial charge in [0.05, 0.1) is 49.9 Å². The predicted molar refractivity (Wildman–Crippen MR) is 244 cm³/mol. The second kappa shape index (κ2) is 20.7. The first kappa shape index (κ1) is 54.6. The highest BCUT2D eigenvalue weighted by Gasteiger charge is 2.44. The molecule has 2 aliphatic rings. The quantitative estimate of drug-likeness (QED) is 0.0803. The van der Waals surface area contributed by atoms with Crippen LogP contribution >= 0.6 is 23.2 Å². The van der Waals surface area contributed by atoms with E-state index >= 15 is 0 Å². The second-order valence-electron chi connectivity index (χ2n) is 18.0. The number of halogens is 8. The molecule has 4 aromatic rings. The number of methoxy groups -OCH3 is 2. The van der Waals surface area contributed by atoms with Crippen molar-refractivity contribution in [3.05, 3.63) is 115 Å². The van der Waals surface area contributed by atoms with E-state index in [1.165, 1.54) is 24.3 Å². The minimum Gasteiger partial charge on any atom is -0.494 e. The van der Waals surface area contributed by atoms with E-state index < -0.39 is 82.9 Å². The smallest absolute Gasteiger partial charge is 0.418 e. The average molecular weight is 990 g/mol. The molecule has 0 aromatic heterocycles. The monoisotopic (exact) mass is 988 g/mol. The van der Waals surface area contributed by atoms with Crippen molar-refractivity contribution in [3.8, 4) is 11.5 Å². The molecule has 12 nitrogen and oxygen atoms in total. The van der Waals surface area contributed by atoms with Crippen LogP contribution < -0.4 is 30.7 Å². The molecule has 0 heterocycles. The molecule has 368 valence electrons. The summed E-state index contributed by atoms with van der Waals surface area (Å²) in [6, 6.07) is 12.8. The Morgan fingerprint density at radius 3 is 1.22 bits per heavy atom. The summed E-state index contributed by atoms with van der Waals surface area (Å²) in [6.45, 7) is 10.7. The molecular weight excluding hydrogens is 933 g/mol. The fourth-order valence-electron chi connectivity index (χ4n) is 7.71. The van der Waals surface area contributed by atoms with Crippen molar-refractivity contribution in [1.82, 2.24) is 10.6 Å². The number of carbonyl (C=O) groups is 2. The van der Waals surface area contributed by atoms with Gasteiger partial charge in [-0.15, -0.1) is 0 Å². The maximum Gasteiger partial charge on any atom is 0.418 e. The van der Waals surface area contributed by atoms with Crippen LogP contribution in [0.2, 0.25) is 10.0 Å². The zero-order valence-electron chi connectivity index (χ0n) is 37.1. The van der Waals surface area contributed by atoms with Crippen molar-refractivity contribution in [2.24, 2.45) is 0 Å². The Kier molecular flexibility index (Phi) is 16.9. The number of nitrogens with one attached hydrogen (secondary N) is 4. The van der Waals surface area contributed by atoms with Gasteiger partial charge in [-0.1, -0.05) is 96.4 Å². The van der Waals surface area contributed by atoms with Crippen molar-refractivity contribution in [1.29, 1.82) is 0 Å². The van der Waals surface area contributed by atoms with Crippen LogP contribution in [0.25, 0.3) is 0 Å². The molecule has 6 atom stereocenters. The number of aliphatic hydroxyl groups excluding tert-OH is 4. The Hall–Kier alpha value is -4.98.